The van der Waals surface area contributed by atoms with Gasteiger partial charge in [-0.25, -0.2) is 9.89 Å². The summed E-state index contributed by atoms with van der Waals surface area (Å²) in [5, 5.41) is 18.8. The predicted molar refractivity (Wildman–Crippen MR) is 124 cm³/mol. The number of hydrogen-bond donors (Lipinski definition) is 2. The Balaban J connectivity index is 1.64. The number of nitriles is 1. The topological polar surface area (TPSA) is 169 Å². The van der Waals surface area contributed by atoms with E-state index in [1.807, 2.05) is 4.98 Å². The average molecular weight is 514 g/mol. The summed E-state index contributed by atoms with van der Waals surface area (Å²) in [5.74, 6) is 0.566. The lowest BCUT2D eigenvalue weighted by molar-refractivity contribution is 0.412. The number of hydrogen-bond acceptors (Lipinski definition) is 9. The van der Waals surface area contributed by atoms with Crippen LogP contribution in [0.15, 0.2) is 50.9 Å². The second-order valence-electron chi connectivity index (χ2n) is 6.90. The summed E-state index contributed by atoms with van der Waals surface area (Å²) >= 11 is 12.6. The molecule has 0 bridgehead atoms. The van der Waals surface area contributed by atoms with E-state index in [0.717, 1.165) is 4.68 Å². The summed E-state index contributed by atoms with van der Waals surface area (Å²) < 4.78 is 11.5. The van der Waals surface area contributed by atoms with Crippen LogP contribution < -0.4 is 26.3 Å². The Bertz CT molecular complexity index is 1620. The Morgan fingerprint density at radius 1 is 1.11 bits per heavy atom. The van der Waals surface area contributed by atoms with Crippen LogP contribution in [0.4, 0.5) is 0 Å². The summed E-state index contributed by atoms with van der Waals surface area (Å²) in [6, 6.07) is 9.03. The standard InChI is InChI=1S/C21H13Cl2N7O5/c1-34-13-3-2-11(25-9-13)4-10-5-17(27-28-19(10)31)35-18-14(22)6-12(7-15(18)23)30-21(33)26-20(32)16(8-24)29-30/h2-3,5-7,9H,4H2,1H3,(H,28,31)(H,26,32,33). The maximum absolute atomic E-state index is 12.2. The van der Waals surface area contributed by atoms with Crippen molar-refractivity contribution in [2.75, 3.05) is 7.11 Å². The van der Waals surface area contributed by atoms with E-state index in [1.54, 1.807) is 18.2 Å². The fourth-order valence-electron chi connectivity index (χ4n) is 2.96. The molecule has 0 saturated heterocycles. The van der Waals surface area contributed by atoms with E-state index in [4.69, 9.17) is 37.9 Å². The van der Waals surface area contributed by atoms with Crippen LogP contribution in [0.25, 0.3) is 5.69 Å². The summed E-state index contributed by atoms with van der Waals surface area (Å²) in [7, 11) is 1.52. The Morgan fingerprint density at radius 3 is 2.49 bits per heavy atom. The van der Waals surface area contributed by atoms with Gasteiger partial charge in [0.05, 0.1) is 29.0 Å². The molecule has 3 heterocycles. The quantitative estimate of drug-likeness (QED) is 0.391. The number of rotatable bonds is 6. The van der Waals surface area contributed by atoms with E-state index in [9.17, 15) is 14.4 Å². The summed E-state index contributed by atoms with van der Waals surface area (Å²) in [6.45, 7) is 0. The molecule has 0 aliphatic carbocycles. The molecular formula is C21H13Cl2N7O5. The Hall–Kier alpha value is -4.47. The molecule has 14 heteroatoms. The minimum absolute atomic E-state index is 0.00392. The minimum Gasteiger partial charge on any atom is -0.495 e. The molecule has 4 rings (SSSR count). The van der Waals surface area contributed by atoms with Crippen molar-refractivity contribution in [3.63, 3.8) is 0 Å². The molecule has 0 saturated carbocycles. The number of halogens is 2. The molecule has 2 N–H and O–H groups in total. The van der Waals surface area contributed by atoms with Crippen LogP contribution in [0.5, 0.6) is 17.4 Å². The average Bonchev–Trinajstić information content (AvgIpc) is 2.84. The van der Waals surface area contributed by atoms with Crippen molar-refractivity contribution in [3.05, 3.63) is 94.7 Å². The third kappa shape index (κ3) is 5.06. The van der Waals surface area contributed by atoms with Gasteiger partial charge in [0.15, 0.2) is 5.75 Å². The molecule has 0 spiro atoms. The maximum Gasteiger partial charge on any atom is 0.349 e. The van der Waals surface area contributed by atoms with Gasteiger partial charge < -0.3 is 9.47 Å². The van der Waals surface area contributed by atoms with Crippen LogP contribution in [0, 0.1) is 11.3 Å². The van der Waals surface area contributed by atoms with Gasteiger partial charge in [0.2, 0.25) is 11.6 Å². The van der Waals surface area contributed by atoms with E-state index in [-0.39, 0.29) is 33.8 Å². The van der Waals surface area contributed by atoms with Crippen molar-refractivity contribution >= 4 is 23.2 Å². The highest BCUT2D eigenvalue weighted by molar-refractivity contribution is 6.37. The number of methoxy groups -OCH3 is 1. The molecule has 35 heavy (non-hydrogen) atoms. The first kappa shape index (κ1) is 23.7. The number of aromatic nitrogens is 6. The normalized spacial score (nSPS) is 10.6. The highest BCUT2D eigenvalue weighted by atomic mass is 35.5. The highest BCUT2D eigenvalue weighted by Gasteiger charge is 2.16. The van der Waals surface area contributed by atoms with Crippen molar-refractivity contribution in [1.82, 2.24) is 29.9 Å². The zero-order chi connectivity index (χ0) is 25.1. The molecule has 0 unspecified atom stereocenters. The fourth-order valence-corrected chi connectivity index (χ4v) is 3.51. The third-order valence-corrected chi connectivity index (χ3v) is 5.19. The molecule has 3 aromatic heterocycles. The molecule has 0 aliphatic heterocycles. The van der Waals surface area contributed by atoms with Gasteiger partial charge in [-0.2, -0.15) is 9.94 Å². The van der Waals surface area contributed by atoms with Gasteiger partial charge in [0.25, 0.3) is 11.1 Å². The maximum atomic E-state index is 12.2. The third-order valence-electron chi connectivity index (χ3n) is 4.63. The number of H-pyrrole nitrogens is 2. The number of pyridine rings is 1. The zero-order valence-corrected chi connectivity index (χ0v) is 19.2. The first-order chi connectivity index (χ1) is 16.8. The Labute approximate surface area is 205 Å². The van der Waals surface area contributed by atoms with Gasteiger partial charge in [0.1, 0.15) is 11.8 Å². The molecule has 176 valence electrons. The number of nitrogens with zero attached hydrogens (tertiary/aromatic N) is 5. The summed E-state index contributed by atoms with van der Waals surface area (Å²) in [6.07, 6.45) is 1.73. The van der Waals surface area contributed by atoms with Gasteiger partial charge in [-0.05, 0) is 24.3 Å². The summed E-state index contributed by atoms with van der Waals surface area (Å²) in [5.41, 5.74) is -1.75. The van der Waals surface area contributed by atoms with Gasteiger partial charge >= 0.3 is 5.69 Å². The second kappa shape index (κ2) is 9.80. The van der Waals surface area contributed by atoms with E-state index < -0.39 is 22.5 Å². The zero-order valence-electron chi connectivity index (χ0n) is 17.7. The molecule has 0 atom stereocenters. The number of aromatic amines is 2. The highest BCUT2D eigenvalue weighted by Crippen LogP contribution is 2.37. The monoisotopic (exact) mass is 513 g/mol. The molecule has 0 aliphatic rings. The molecule has 0 fully saturated rings. The molecule has 1 aromatic carbocycles. The minimum atomic E-state index is -0.921. The van der Waals surface area contributed by atoms with Gasteiger partial charge in [-0.1, -0.05) is 23.2 Å². The first-order valence-electron chi connectivity index (χ1n) is 9.67. The van der Waals surface area contributed by atoms with Crippen molar-refractivity contribution < 1.29 is 9.47 Å². The number of benzene rings is 1. The van der Waals surface area contributed by atoms with Crippen molar-refractivity contribution in [1.29, 1.82) is 5.26 Å². The molecule has 0 amide bonds. The Morgan fingerprint density at radius 2 is 1.86 bits per heavy atom. The molecule has 12 nitrogen and oxygen atoms in total. The number of nitrogens with one attached hydrogen (secondary N) is 2. The smallest absolute Gasteiger partial charge is 0.349 e. The summed E-state index contributed by atoms with van der Waals surface area (Å²) in [4.78, 5) is 42.1. The molecule has 0 radical (unpaired) electrons. The van der Waals surface area contributed by atoms with Crippen LogP contribution in [0.1, 0.15) is 17.0 Å². The number of ether oxygens (including phenoxy) is 2. The van der Waals surface area contributed by atoms with Crippen LogP contribution in [0.2, 0.25) is 10.0 Å². The van der Waals surface area contributed by atoms with Crippen LogP contribution in [-0.4, -0.2) is 37.1 Å². The van der Waals surface area contributed by atoms with Gasteiger partial charge in [0, 0.05) is 23.7 Å². The SMILES string of the molecule is COc1ccc(Cc2cc(Oc3c(Cl)cc(-n4nc(C#N)c(=O)[nH]c4=O)cc3Cl)n[nH]c2=O)nc1. The van der Waals surface area contributed by atoms with E-state index >= 15 is 0 Å². The van der Waals surface area contributed by atoms with E-state index in [1.165, 1.54) is 31.5 Å². The Kier molecular flexibility index (Phi) is 6.63. The molecular weight excluding hydrogens is 501 g/mol. The van der Waals surface area contributed by atoms with Crippen LogP contribution in [-0.2, 0) is 6.42 Å². The molecule has 4 aromatic rings. The van der Waals surface area contributed by atoms with Gasteiger partial charge in [-0.3, -0.25) is 19.6 Å². The van der Waals surface area contributed by atoms with Crippen molar-refractivity contribution in [2.45, 2.75) is 6.42 Å². The van der Waals surface area contributed by atoms with Crippen molar-refractivity contribution in [2.24, 2.45) is 0 Å². The van der Waals surface area contributed by atoms with Crippen LogP contribution in [0.3, 0.4) is 0 Å². The lowest BCUT2D eigenvalue weighted by Crippen LogP contribution is -2.33. The van der Waals surface area contributed by atoms with Gasteiger partial charge in [-0.15, -0.1) is 10.2 Å². The second-order valence-corrected chi connectivity index (χ2v) is 7.71. The van der Waals surface area contributed by atoms with E-state index in [0.29, 0.717) is 17.0 Å². The predicted octanol–water partition coefficient (Wildman–Crippen LogP) is 1.97. The largest absolute Gasteiger partial charge is 0.495 e. The van der Waals surface area contributed by atoms with E-state index in [2.05, 4.69) is 20.3 Å². The lowest BCUT2D eigenvalue weighted by atomic mass is 10.1. The lowest BCUT2D eigenvalue weighted by Gasteiger charge is -2.12. The van der Waals surface area contributed by atoms with Crippen LogP contribution >= 0.6 is 23.2 Å². The first-order valence-corrected chi connectivity index (χ1v) is 10.4. The van der Waals surface area contributed by atoms with Crippen molar-refractivity contribution in [3.8, 4) is 29.1 Å². The fraction of sp³-hybridized carbons (Fsp3) is 0.0952.